The molecule has 0 spiro atoms. The molecular formula is C14H14O6S. The first kappa shape index (κ1) is 15.3. The van der Waals surface area contributed by atoms with Crippen LogP contribution in [-0.2, 0) is 10.1 Å². The maximum Gasteiger partial charge on any atom is 0.295 e. The number of methoxy groups -OCH3 is 1. The lowest BCUT2D eigenvalue weighted by Gasteiger charge is -2.17. The summed E-state index contributed by atoms with van der Waals surface area (Å²) in [5.41, 5.74) is 0.0763. The number of ether oxygens (including phenoxy) is 1. The van der Waals surface area contributed by atoms with Gasteiger partial charge in [0.05, 0.1) is 7.11 Å². The first-order valence-electron chi connectivity index (χ1n) is 5.96. The average Bonchev–Trinajstić information content (AvgIpc) is 2.45. The lowest BCUT2D eigenvalue weighted by molar-refractivity contribution is 0.211. The average molecular weight is 310 g/mol. The van der Waals surface area contributed by atoms with Crippen molar-refractivity contribution in [2.75, 3.05) is 7.11 Å². The highest BCUT2D eigenvalue weighted by Gasteiger charge is 2.26. The third-order valence-electron chi connectivity index (χ3n) is 3.00. The number of aromatic hydroxyl groups is 1. The maximum atomic E-state index is 11.5. The predicted octanol–water partition coefficient (Wildman–Crippen LogP) is 1.73. The normalized spacial score (nSPS) is 12.9. The Hall–Kier alpha value is -2.09. The van der Waals surface area contributed by atoms with Crippen molar-refractivity contribution >= 4 is 10.1 Å². The minimum absolute atomic E-state index is 0.0455. The summed E-state index contributed by atoms with van der Waals surface area (Å²) in [7, 11) is -3.35. The zero-order valence-corrected chi connectivity index (χ0v) is 11.9. The molecule has 0 heterocycles. The summed E-state index contributed by atoms with van der Waals surface area (Å²) in [5.74, 6) is -0.442. The molecule has 0 aliphatic heterocycles. The molecule has 0 radical (unpaired) electrons. The minimum atomic E-state index is -4.64. The van der Waals surface area contributed by atoms with E-state index in [1.165, 1.54) is 7.11 Å². The molecule has 1 unspecified atom stereocenters. The van der Waals surface area contributed by atoms with Crippen LogP contribution in [0.4, 0.5) is 0 Å². The zero-order chi connectivity index (χ0) is 15.6. The van der Waals surface area contributed by atoms with Gasteiger partial charge in [0, 0.05) is 17.7 Å². The van der Waals surface area contributed by atoms with E-state index in [2.05, 4.69) is 0 Å². The fraction of sp³-hybridized carbons (Fsp3) is 0.143. The van der Waals surface area contributed by atoms with Gasteiger partial charge in [0.1, 0.15) is 22.5 Å². The maximum absolute atomic E-state index is 11.5. The van der Waals surface area contributed by atoms with E-state index < -0.39 is 26.9 Å². The molecule has 0 aliphatic rings. The highest BCUT2D eigenvalue weighted by molar-refractivity contribution is 7.85. The van der Waals surface area contributed by atoms with E-state index in [0.717, 1.165) is 12.1 Å². The molecule has 2 rings (SSSR count). The standard InChI is InChI=1S/C14H14O6S/c1-20-10-7-11(15)13(12(8-10)21(17,18)19)14(16)9-5-3-2-4-6-9/h2-8,14-16H,1H3,(H,17,18,19). The fourth-order valence-corrected chi connectivity index (χ4v) is 2.75. The molecule has 1 atom stereocenters. The van der Waals surface area contributed by atoms with Gasteiger partial charge in [-0.2, -0.15) is 8.42 Å². The quantitative estimate of drug-likeness (QED) is 0.743. The second kappa shape index (κ2) is 5.72. The number of phenolic OH excluding ortho intramolecular Hbond substituents is 1. The minimum Gasteiger partial charge on any atom is -0.507 e. The third-order valence-corrected chi connectivity index (χ3v) is 3.89. The van der Waals surface area contributed by atoms with Gasteiger partial charge in [-0.05, 0) is 5.56 Å². The molecule has 0 bridgehead atoms. The Morgan fingerprint density at radius 2 is 1.76 bits per heavy atom. The molecule has 2 aromatic carbocycles. The van der Waals surface area contributed by atoms with Gasteiger partial charge >= 0.3 is 0 Å². The van der Waals surface area contributed by atoms with Crippen LogP contribution in [0, 0.1) is 0 Å². The smallest absolute Gasteiger partial charge is 0.295 e. The molecule has 2 aromatic rings. The molecule has 3 N–H and O–H groups in total. The van der Waals surface area contributed by atoms with E-state index in [-0.39, 0.29) is 11.3 Å². The predicted molar refractivity (Wildman–Crippen MR) is 75.0 cm³/mol. The summed E-state index contributed by atoms with van der Waals surface area (Å²) < 4.78 is 37.1. The van der Waals surface area contributed by atoms with Gasteiger partial charge in [-0.25, -0.2) is 0 Å². The van der Waals surface area contributed by atoms with Crippen molar-refractivity contribution in [2.45, 2.75) is 11.0 Å². The molecule has 6 nitrogen and oxygen atoms in total. The molecule has 0 fully saturated rings. The summed E-state index contributed by atoms with van der Waals surface area (Å²) >= 11 is 0. The lowest BCUT2D eigenvalue weighted by atomic mass is 10.0. The number of aliphatic hydroxyl groups excluding tert-OH is 1. The van der Waals surface area contributed by atoms with Crippen LogP contribution in [0.1, 0.15) is 17.2 Å². The zero-order valence-electron chi connectivity index (χ0n) is 11.1. The van der Waals surface area contributed by atoms with Crippen LogP contribution >= 0.6 is 0 Å². The number of hydrogen-bond donors (Lipinski definition) is 3. The number of phenols is 1. The number of aliphatic hydroxyl groups is 1. The second-order valence-corrected chi connectivity index (χ2v) is 5.74. The van der Waals surface area contributed by atoms with Gasteiger partial charge in [-0.3, -0.25) is 4.55 Å². The molecule has 0 saturated heterocycles. The van der Waals surface area contributed by atoms with Gasteiger partial charge in [-0.1, -0.05) is 30.3 Å². The molecule has 21 heavy (non-hydrogen) atoms. The van der Waals surface area contributed by atoms with Gasteiger partial charge in [-0.15, -0.1) is 0 Å². The van der Waals surface area contributed by atoms with Crippen LogP contribution in [0.15, 0.2) is 47.4 Å². The summed E-state index contributed by atoms with van der Waals surface area (Å²) in [6, 6.07) is 10.4. The van der Waals surface area contributed by atoms with Crippen LogP contribution in [-0.4, -0.2) is 30.3 Å². The fourth-order valence-electron chi connectivity index (χ4n) is 2.00. The first-order valence-corrected chi connectivity index (χ1v) is 7.40. The Labute approximate surface area is 122 Å². The Morgan fingerprint density at radius 1 is 1.14 bits per heavy atom. The highest BCUT2D eigenvalue weighted by Crippen LogP contribution is 2.37. The van der Waals surface area contributed by atoms with Gasteiger partial charge in [0.15, 0.2) is 0 Å². The van der Waals surface area contributed by atoms with Crippen LogP contribution in [0.25, 0.3) is 0 Å². The second-order valence-electron chi connectivity index (χ2n) is 4.35. The monoisotopic (exact) mass is 310 g/mol. The Bertz CT molecular complexity index is 740. The Kier molecular flexibility index (Phi) is 4.17. The molecule has 0 aromatic heterocycles. The van der Waals surface area contributed by atoms with Crippen molar-refractivity contribution in [3.05, 3.63) is 53.6 Å². The van der Waals surface area contributed by atoms with Crippen molar-refractivity contribution in [2.24, 2.45) is 0 Å². The van der Waals surface area contributed by atoms with E-state index in [1.54, 1.807) is 30.3 Å². The van der Waals surface area contributed by atoms with E-state index in [0.29, 0.717) is 5.56 Å². The molecule has 0 aliphatic carbocycles. The third kappa shape index (κ3) is 3.15. The summed E-state index contributed by atoms with van der Waals surface area (Å²) in [6.07, 6.45) is -1.41. The molecule has 112 valence electrons. The first-order chi connectivity index (χ1) is 9.84. The summed E-state index contributed by atoms with van der Waals surface area (Å²) in [6.45, 7) is 0. The molecular weight excluding hydrogens is 296 g/mol. The number of benzene rings is 2. The van der Waals surface area contributed by atoms with Crippen LogP contribution in [0.3, 0.4) is 0 Å². The van der Waals surface area contributed by atoms with E-state index >= 15 is 0 Å². The van der Waals surface area contributed by atoms with E-state index in [4.69, 9.17) is 4.74 Å². The topological polar surface area (TPSA) is 104 Å². The Morgan fingerprint density at radius 3 is 2.29 bits per heavy atom. The highest BCUT2D eigenvalue weighted by atomic mass is 32.2. The summed E-state index contributed by atoms with van der Waals surface area (Å²) in [4.78, 5) is -0.601. The van der Waals surface area contributed by atoms with Crippen LogP contribution in [0.5, 0.6) is 11.5 Å². The van der Waals surface area contributed by atoms with Gasteiger partial charge in [0.25, 0.3) is 10.1 Å². The lowest BCUT2D eigenvalue weighted by Crippen LogP contribution is -2.09. The van der Waals surface area contributed by atoms with Crippen molar-refractivity contribution in [1.29, 1.82) is 0 Å². The largest absolute Gasteiger partial charge is 0.507 e. The van der Waals surface area contributed by atoms with Gasteiger partial charge in [0.2, 0.25) is 0 Å². The summed E-state index contributed by atoms with van der Waals surface area (Å²) in [5, 5.41) is 20.3. The van der Waals surface area contributed by atoms with Crippen LogP contribution < -0.4 is 4.74 Å². The number of hydrogen-bond acceptors (Lipinski definition) is 5. The molecule has 7 heteroatoms. The SMILES string of the molecule is COc1cc(O)c(C(O)c2ccccc2)c(S(=O)(=O)O)c1. The van der Waals surface area contributed by atoms with Crippen molar-refractivity contribution < 1.29 is 27.9 Å². The molecule has 0 amide bonds. The Balaban J connectivity index is 2.68. The van der Waals surface area contributed by atoms with Crippen molar-refractivity contribution in [3.63, 3.8) is 0 Å². The number of rotatable bonds is 4. The van der Waals surface area contributed by atoms with E-state index in [9.17, 15) is 23.2 Å². The van der Waals surface area contributed by atoms with E-state index in [1.807, 2.05) is 0 Å². The molecule has 0 saturated carbocycles. The van der Waals surface area contributed by atoms with Crippen molar-refractivity contribution in [1.82, 2.24) is 0 Å². The van der Waals surface area contributed by atoms with Crippen LogP contribution in [0.2, 0.25) is 0 Å². The van der Waals surface area contributed by atoms with Crippen molar-refractivity contribution in [3.8, 4) is 11.5 Å². The van der Waals surface area contributed by atoms with Gasteiger partial charge < -0.3 is 14.9 Å².